The molecule has 0 fully saturated rings. The number of rotatable bonds is 4. The van der Waals surface area contributed by atoms with Gasteiger partial charge in [0.1, 0.15) is 17.2 Å². The summed E-state index contributed by atoms with van der Waals surface area (Å²) in [4.78, 5) is 12.6. The lowest BCUT2D eigenvalue weighted by atomic mass is 9.98. The van der Waals surface area contributed by atoms with E-state index in [9.17, 15) is 9.90 Å². The molecule has 0 heterocycles. The zero-order chi connectivity index (χ0) is 15.6. The molecule has 2 aromatic rings. The molecule has 21 heavy (non-hydrogen) atoms. The summed E-state index contributed by atoms with van der Waals surface area (Å²) in [6.07, 6.45) is 0. The van der Waals surface area contributed by atoms with Gasteiger partial charge < -0.3 is 14.6 Å². The number of aromatic hydroxyl groups is 1. The van der Waals surface area contributed by atoms with Crippen LogP contribution in [0.25, 0.3) is 0 Å². The van der Waals surface area contributed by atoms with Gasteiger partial charge in [0.2, 0.25) is 0 Å². The Hall–Kier alpha value is -2.49. The predicted octanol–water partition coefficient (Wildman–Crippen LogP) is 3.26. The van der Waals surface area contributed by atoms with Crippen LogP contribution < -0.4 is 9.47 Å². The fourth-order valence-electron chi connectivity index (χ4n) is 2.19. The summed E-state index contributed by atoms with van der Waals surface area (Å²) in [5, 5.41) is 9.80. The minimum absolute atomic E-state index is 0.140. The number of ketones is 1. The molecule has 0 aliphatic rings. The molecule has 0 bridgehead atoms. The number of carbonyl (C=O) groups excluding carboxylic acids is 1. The Bertz CT molecular complexity index is 644. The van der Waals surface area contributed by atoms with E-state index in [4.69, 9.17) is 9.47 Å². The van der Waals surface area contributed by atoms with E-state index in [0.717, 1.165) is 0 Å². The highest BCUT2D eigenvalue weighted by Crippen LogP contribution is 2.27. The Labute approximate surface area is 123 Å². The topological polar surface area (TPSA) is 55.8 Å². The molecule has 0 aromatic heterocycles. The highest BCUT2D eigenvalue weighted by molar-refractivity contribution is 6.09. The van der Waals surface area contributed by atoms with Gasteiger partial charge in [0.15, 0.2) is 5.78 Å². The Kier molecular flexibility index (Phi) is 4.17. The zero-order valence-corrected chi connectivity index (χ0v) is 12.6. The second-order valence-corrected chi connectivity index (χ2v) is 4.89. The summed E-state index contributed by atoms with van der Waals surface area (Å²) in [6, 6.07) is 8.40. The van der Waals surface area contributed by atoms with Crippen molar-refractivity contribution in [3.05, 3.63) is 52.6 Å². The number of ether oxygens (including phenoxy) is 2. The molecule has 0 spiro atoms. The summed E-state index contributed by atoms with van der Waals surface area (Å²) >= 11 is 0. The molecule has 4 heteroatoms. The van der Waals surface area contributed by atoms with E-state index < -0.39 is 0 Å². The Morgan fingerprint density at radius 3 is 1.71 bits per heavy atom. The van der Waals surface area contributed by atoms with E-state index in [1.54, 1.807) is 44.2 Å². The first-order valence-corrected chi connectivity index (χ1v) is 6.54. The maximum absolute atomic E-state index is 12.6. The smallest absolute Gasteiger partial charge is 0.193 e. The number of phenols is 1. The summed E-state index contributed by atoms with van der Waals surface area (Å²) in [6.45, 7) is 3.54. The van der Waals surface area contributed by atoms with E-state index in [0.29, 0.717) is 33.8 Å². The van der Waals surface area contributed by atoms with Gasteiger partial charge in [-0.3, -0.25) is 4.79 Å². The van der Waals surface area contributed by atoms with Crippen LogP contribution in [0.15, 0.2) is 30.3 Å². The van der Waals surface area contributed by atoms with Crippen molar-refractivity contribution < 1.29 is 19.4 Å². The molecular formula is C17H18O4. The van der Waals surface area contributed by atoms with Crippen LogP contribution >= 0.6 is 0 Å². The minimum Gasteiger partial charge on any atom is -0.507 e. The van der Waals surface area contributed by atoms with Gasteiger partial charge in [-0.2, -0.15) is 0 Å². The van der Waals surface area contributed by atoms with Crippen LogP contribution in [0.2, 0.25) is 0 Å². The van der Waals surface area contributed by atoms with Crippen LogP contribution in [0, 0.1) is 13.8 Å². The largest absolute Gasteiger partial charge is 0.507 e. The van der Waals surface area contributed by atoms with Gasteiger partial charge in [-0.1, -0.05) is 0 Å². The van der Waals surface area contributed by atoms with Gasteiger partial charge in [0, 0.05) is 17.2 Å². The van der Waals surface area contributed by atoms with Gasteiger partial charge in [-0.15, -0.1) is 0 Å². The number of methoxy groups -OCH3 is 2. The quantitative estimate of drug-likeness (QED) is 0.876. The van der Waals surface area contributed by atoms with Gasteiger partial charge in [0.25, 0.3) is 0 Å². The lowest BCUT2D eigenvalue weighted by molar-refractivity contribution is 0.103. The maximum Gasteiger partial charge on any atom is 0.193 e. The molecular weight excluding hydrogens is 268 g/mol. The van der Waals surface area contributed by atoms with Gasteiger partial charge in [-0.25, -0.2) is 0 Å². The fraction of sp³-hybridized carbons (Fsp3) is 0.235. The molecule has 0 saturated heterocycles. The number of carbonyl (C=O) groups is 1. The summed E-state index contributed by atoms with van der Waals surface area (Å²) in [5.74, 6) is 1.20. The van der Waals surface area contributed by atoms with Crippen LogP contribution in [-0.2, 0) is 0 Å². The average Bonchev–Trinajstić information content (AvgIpc) is 2.50. The second kappa shape index (κ2) is 5.87. The monoisotopic (exact) mass is 286 g/mol. The fourth-order valence-corrected chi connectivity index (χ4v) is 2.19. The molecule has 0 aliphatic carbocycles. The summed E-state index contributed by atoms with van der Waals surface area (Å²) in [7, 11) is 3.08. The molecule has 1 N–H and O–H groups in total. The van der Waals surface area contributed by atoms with Gasteiger partial charge >= 0.3 is 0 Å². The van der Waals surface area contributed by atoms with E-state index in [-0.39, 0.29) is 11.5 Å². The number of benzene rings is 2. The predicted molar refractivity (Wildman–Crippen MR) is 80.6 cm³/mol. The molecule has 0 saturated carbocycles. The van der Waals surface area contributed by atoms with E-state index in [1.165, 1.54) is 14.2 Å². The third kappa shape index (κ3) is 2.99. The Balaban J connectivity index is 2.49. The zero-order valence-electron chi connectivity index (χ0n) is 12.6. The molecule has 110 valence electrons. The van der Waals surface area contributed by atoms with Crippen LogP contribution in [-0.4, -0.2) is 25.1 Å². The van der Waals surface area contributed by atoms with Crippen molar-refractivity contribution in [3.8, 4) is 17.2 Å². The van der Waals surface area contributed by atoms with Crippen molar-refractivity contribution in [2.24, 2.45) is 0 Å². The number of aryl methyl sites for hydroxylation is 2. The number of hydrogen-bond acceptors (Lipinski definition) is 4. The molecule has 0 aliphatic heterocycles. The van der Waals surface area contributed by atoms with E-state index in [2.05, 4.69) is 0 Å². The van der Waals surface area contributed by atoms with Crippen LogP contribution in [0.5, 0.6) is 17.2 Å². The molecule has 0 atom stereocenters. The lowest BCUT2D eigenvalue weighted by Gasteiger charge is -2.10. The second-order valence-electron chi connectivity index (χ2n) is 4.89. The summed E-state index contributed by atoms with van der Waals surface area (Å²) < 4.78 is 10.4. The minimum atomic E-state index is -0.140. The molecule has 0 amide bonds. The van der Waals surface area contributed by atoms with Crippen molar-refractivity contribution in [1.29, 1.82) is 0 Å². The number of hydrogen-bond donors (Lipinski definition) is 1. The third-order valence-electron chi connectivity index (χ3n) is 3.37. The van der Waals surface area contributed by atoms with E-state index >= 15 is 0 Å². The first-order chi connectivity index (χ1) is 9.96. The van der Waals surface area contributed by atoms with Crippen LogP contribution in [0.3, 0.4) is 0 Å². The normalized spacial score (nSPS) is 10.3. The highest BCUT2D eigenvalue weighted by atomic mass is 16.5. The summed E-state index contributed by atoms with van der Waals surface area (Å²) in [5.41, 5.74) is 2.36. The van der Waals surface area contributed by atoms with Crippen molar-refractivity contribution in [2.45, 2.75) is 13.8 Å². The van der Waals surface area contributed by atoms with Crippen molar-refractivity contribution in [2.75, 3.05) is 14.2 Å². The first kappa shape index (κ1) is 14.9. The Morgan fingerprint density at radius 2 is 1.29 bits per heavy atom. The van der Waals surface area contributed by atoms with Crippen molar-refractivity contribution >= 4 is 5.78 Å². The molecule has 0 unspecified atom stereocenters. The van der Waals surface area contributed by atoms with Crippen molar-refractivity contribution in [3.63, 3.8) is 0 Å². The molecule has 4 nitrogen and oxygen atoms in total. The molecule has 0 radical (unpaired) electrons. The lowest BCUT2D eigenvalue weighted by Crippen LogP contribution is -2.03. The number of phenolic OH excluding ortho intramolecular Hbond substituents is 1. The molecule has 2 rings (SSSR count). The Morgan fingerprint density at radius 1 is 0.857 bits per heavy atom. The standard InChI is InChI=1S/C17H18O4/c1-10-5-12(6-11(2)16(10)18)17(19)13-7-14(20-3)9-15(8-13)21-4/h5-9,18H,1-4H3. The van der Waals surface area contributed by atoms with Crippen LogP contribution in [0.4, 0.5) is 0 Å². The highest BCUT2D eigenvalue weighted by Gasteiger charge is 2.14. The SMILES string of the molecule is COc1cc(OC)cc(C(=O)c2cc(C)c(O)c(C)c2)c1. The third-order valence-corrected chi connectivity index (χ3v) is 3.37. The maximum atomic E-state index is 12.6. The first-order valence-electron chi connectivity index (χ1n) is 6.54. The van der Waals surface area contributed by atoms with Crippen LogP contribution in [0.1, 0.15) is 27.0 Å². The van der Waals surface area contributed by atoms with Crippen molar-refractivity contribution in [1.82, 2.24) is 0 Å². The molecule has 2 aromatic carbocycles. The average molecular weight is 286 g/mol. The van der Waals surface area contributed by atoms with Gasteiger partial charge in [-0.05, 0) is 49.2 Å². The van der Waals surface area contributed by atoms with E-state index in [1.807, 2.05) is 0 Å². The van der Waals surface area contributed by atoms with Gasteiger partial charge in [0.05, 0.1) is 14.2 Å².